The van der Waals surface area contributed by atoms with Gasteiger partial charge in [-0.3, -0.25) is 9.69 Å². The Labute approximate surface area is 200 Å². The van der Waals surface area contributed by atoms with E-state index >= 15 is 0 Å². The third-order valence-electron chi connectivity index (χ3n) is 6.47. The maximum Gasteiger partial charge on any atom is 0.416 e. The zero-order chi connectivity index (χ0) is 27.1. The third-order valence-corrected chi connectivity index (χ3v) is 6.47. The minimum Gasteiger partial charge on any atom is -0.481 e. The average Bonchev–Trinajstić information content (AvgIpc) is 2.76. The first-order valence-corrected chi connectivity index (χ1v) is 10.9. The van der Waals surface area contributed by atoms with Gasteiger partial charge in [-0.2, -0.15) is 39.5 Å². The number of rotatable bonds is 5. The molecule has 1 N–H and O–H groups in total. The summed E-state index contributed by atoms with van der Waals surface area (Å²) in [6.07, 6.45) is -14.4. The van der Waals surface area contributed by atoms with Gasteiger partial charge >= 0.3 is 24.5 Å². The molecular formula is C24H22F9NO2. The van der Waals surface area contributed by atoms with Crippen LogP contribution < -0.4 is 0 Å². The number of carboxylic acids is 1. The molecular weight excluding hydrogens is 505 g/mol. The Balaban J connectivity index is 2.06. The summed E-state index contributed by atoms with van der Waals surface area (Å²) in [7, 11) is 0. The van der Waals surface area contributed by atoms with E-state index in [-0.39, 0.29) is 25.8 Å². The fourth-order valence-electron chi connectivity index (χ4n) is 4.70. The molecule has 0 spiro atoms. The van der Waals surface area contributed by atoms with Gasteiger partial charge in [0.1, 0.15) is 0 Å². The Bertz CT molecular complexity index is 1070. The van der Waals surface area contributed by atoms with Crippen LogP contribution in [0.1, 0.15) is 66.1 Å². The highest BCUT2D eigenvalue weighted by molar-refractivity contribution is 5.67. The van der Waals surface area contributed by atoms with Crippen molar-refractivity contribution >= 4 is 5.97 Å². The lowest BCUT2D eigenvalue weighted by atomic mass is 9.83. The molecule has 0 aliphatic carbocycles. The first-order valence-electron chi connectivity index (χ1n) is 10.9. The van der Waals surface area contributed by atoms with E-state index in [1.165, 1.54) is 11.8 Å². The molecule has 1 fully saturated rings. The number of benzene rings is 2. The lowest BCUT2D eigenvalue weighted by Crippen LogP contribution is -2.39. The molecule has 3 rings (SSSR count). The van der Waals surface area contributed by atoms with Crippen LogP contribution in [-0.4, -0.2) is 22.5 Å². The van der Waals surface area contributed by atoms with Gasteiger partial charge in [0.15, 0.2) is 0 Å². The van der Waals surface area contributed by atoms with E-state index in [1.807, 2.05) is 0 Å². The number of alkyl halides is 9. The van der Waals surface area contributed by atoms with E-state index in [9.17, 15) is 44.3 Å². The number of piperidine rings is 1. The summed E-state index contributed by atoms with van der Waals surface area (Å²) in [5.41, 5.74) is -3.77. The van der Waals surface area contributed by atoms with E-state index in [2.05, 4.69) is 0 Å². The van der Waals surface area contributed by atoms with Crippen LogP contribution in [0.25, 0.3) is 0 Å². The number of likely N-dealkylation sites (tertiary alicyclic amines) is 1. The molecule has 0 saturated carbocycles. The van der Waals surface area contributed by atoms with Gasteiger partial charge < -0.3 is 5.11 Å². The van der Waals surface area contributed by atoms with Crippen molar-refractivity contribution in [3.63, 3.8) is 0 Å². The number of hydrogen-bond donors (Lipinski definition) is 1. The molecule has 2 aromatic carbocycles. The highest BCUT2D eigenvalue weighted by Gasteiger charge is 2.41. The molecule has 0 unspecified atom stereocenters. The normalized spacial score (nSPS) is 20.8. The van der Waals surface area contributed by atoms with Crippen molar-refractivity contribution in [3.05, 3.63) is 70.3 Å². The highest BCUT2D eigenvalue weighted by Crippen LogP contribution is 2.45. The molecule has 1 saturated heterocycles. The van der Waals surface area contributed by atoms with Gasteiger partial charge in [0.2, 0.25) is 0 Å². The SMILES string of the molecule is C[C@H](c1cc(C(F)(F)F)ccc1C(F)(F)F)N1CC[C@@H](CC(=O)O)C[C@H]1c1ccc(C(F)(F)F)cc1. The average molecular weight is 527 g/mol. The topological polar surface area (TPSA) is 40.5 Å². The summed E-state index contributed by atoms with van der Waals surface area (Å²) in [5.74, 6) is -1.52. The van der Waals surface area contributed by atoms with Gasteiger partial charge in [0, 0.05) is 18.5 Å². The fraction of sp³-hybridized carbons (Fsp3) is 0.458. The molecule has 1 heterocycles. The quantitative estimate of drug-likeness (QED) is 0.405. The van der Waals surface area contributed by atoms with Gasteiger partial charge in [-0.05, 0) is 73.7 Å². The molecule has 0 aromatic heterocycles. The molecule has 198 valence electrons. The van der Waals surface area contributed by atoms with Crippen molar-refractivity contribution in [2.24, 2.45) is 5.92 Å². The Morgan fingerprint density at radius 1 is 0.917 bits per heavy atom. The fourth-order valence-corrected chi connectivity index (χ4v) is 4.70. The van der Waals surface area contributed by atoms with Gasteiger partial charge in [-0.1, -0.05) is 12.1 Å². The van der Waals surface area contributed by atoms with Gasteiger partial charge in [0.05, 0.1) is 16.7 Å². The van der Waals surface area contributed by atoms with Crippen molar-refractivity contribution < 1.29 is 49.4 Å². The molecule has 36 heavy (non-hydrogen) atoms. The Morgan fingerprint density at radius 3 is 1.97 bits per heavy atom. The summed E-state index contributed by atoms with van der Waals surface area (Å²) in [6.45, 7) is 1.34. The van der Waals surface area contributed by atoms with E-state index in [0.717, 1.165) is 24.3 Å². The van der Waals surface area contributed by atoms with E-state index < -0.39 is 64.8 Å². The number of carboxylic acid groups (broad SMARTS) is 1. The van der Waals surface area contributed by atoms with Crippen LogP contribution in [0.3, 0.4) is 0 Å². The molecule has 3 nitrogen and oxygen atoms in total. The molecule has 0 amide bonds. The predicted octanol–water partition coefficient (Wildman–Crippen LogP) is 7.73. The van der Waals surface area contributed by atoms with E-state index in [0.29, 0.717) is 23.8 Å². The van der Waals surface area contributed by atoms with Crippen molar-refractivity contribution in [1.82, 2.24) is 4.90 Å². The first-order chi connectivity index (χ1) is 16.5. The van der Waals surface area contributed by atoms with Crippen LogP contribution in [-0.2, 0) is 23.3 Å². The molecule has 0 bridgehead atoms. The lowest BCUT2D eigenvalue weighted by molar-refractivity contribution is -0.142. The second-order valence-electron chi connectivity index (χ2n) is 8.84. The summed E-state index contributed by atoms with van der Waals surface area (Å²) in [6, 6.07) is 3.10. The molecule has 3 atom stereocenters. The number of hydrogen-bond acceptors (Lipinski definition) is 2. The molecule has 12 heteroatoms. The van der Waals surface area contributed by atoms with Crippen molar-refractivity contribution in [3.8, 4) is 0 Å². The summed E-state index contributed by atoms with van der Waals surface area (Å²) in [5, 5.41) is 9.16. The van der Waals surface area contributed by atoms with E-state index in [1.54, 1.807) is 0 Å². The standard InChI is InChI=1S/C24H22F9NO2/c1-13(18-12-17(23(28,29)30)6-7-19(18)24(31,32)33)34-9-8-14(11-21(35)36)10-20(34)15-2-4-16(5-3-15)22(25,26)27/h2-7,12-14,20H,8-11H2,1H3,(H,35,36)/t13-,14-,20+/m1/s1. The maximum atomic E-state index is 13.7. The van der Waals surface area contributed by atoms with Crippen LogP contribution in [0.2, 0.25) is 0 Å². The van der Waals surface area contributed by atoms with Gasteiger partial charge in [-0.25, -0.2) is 0 Å². The molecule has 1 aliphatic rings. The molecule has 0 radical (unpaired) electrons. The number of carbonyl (C=O) groups is 1. The molecule has 2 aromatic rings. The van der Waals surface area contributed by atoms with Crippen LogP contribution >= 0.6 is 0 Å². The Kier molecular flexibility index (Phi) is 7.69. The minimum absolute atomic E-state index is 0.0400. The van der Waals surface area contributed by atoms with Crippen LogP contribution in [0.4, 0.5) is 39.5 Å². The van der Waals surface area contributed by atoms with Crippen molar-refractivity contribution in [1.29, 1.82) is 0 Å². The van der Waals surface area contributed by atoms with E-state index in [4.69, 9.17) is 5.11 Å². The first kappa shape index (κ1) is 27.8. The minimum atomic E-state index is -4.95. The van der Waals surface area contributed by atoms with Crippen LogP contribution in [0, 0.1) is 5.92 Å². The number of nitrogens with zero attached hydrogens (tertiary/aromatic N) is 1. The third kappa shape index (κ3) is 6.32. The predicted molar refractivity (Wildman–Crippen MR) is 111 cm³/mol. The smallest absolute Gasteiger partial charge is 0.416 e. The largest absolute Gasteiger partial charge is 0.481 e. The maximum absolute atomic E-state index is 13.7. The van der Waals surface area contributed by atoms with Crippen molar-refractivity contribution in [2.45, 2.75) is 56.8 Å². The summed E-state index contributed by atoms with van der Waals surface area (Å²) >= 11 is 0. The molecule has 1 aliphatic heterocycles. The Morgan fingerprint density at radius 2 is 1.47 bits per heavy atom. The number of halogens is 9. The lowest BCUT2D eigenvalue weighted by Gasteiger charge is -2.43. The zero-order valence-corrected chi connectivity index (χ0v) is 18.8. The van der Waals surface area contributed by atoms with Gasteiger partial charge in [0.25, 0.3) is 0 Å². The summed E-state index contributed by atoms with van der Waals surface area (Å²) in [4.78, 5) is 12.7. The van der Waals surface area contributed by atoms with Gasteiger partial charge in [-0.15, -0.1) is 0 Å². The zero-order valence-electron chi connectivity index (χ0n) is 18.8. The number of aliphatic carboxylic acids is 1. The monoisotopic (exact) mass is 527 g/mol. The second-order valence-corrected chi connectivity index (χ2v) is 8.84. The van der Waals surface area contributed by atoms with Crippen molar-refractivity contribution in [2.75, 3.05) is 6.54 Å². The van der Waals surface area contributed by atoms with Crippen LogP contribution in [0.5, 0.6) is 0 Å². The second kappa shape index (κ2) is 9.95. The Hall–Kier alpha value is -2.76. The summed E-state index contributed by atoms with van der Waals surface area (Å²) < 4.78 is 120. The highest BCUT2D eigenvalue weighted by atomic mass is 19.4. The van der Waals surface area contributed by atoms with Crippen LogP contribution in [0.15, 0.2) is 42.5 Å².